The molecule has 14 heteroatoms. The average Bonchev–Trinajstić information content (AvgIpc) is 3.74. The predicted octanol–water partition coefficient (Wildman–Crippen LogP) is 3.26. The van der Waals surface area contributed by atoms with Crippen LogP contribution in [-0.4, -0.2) is 56.4 Å². The Morgan fingerprint density at radius 2 is 1.82 bits per heavy atom. The quantitative estimate of drug-likeness (QED) is 0.285. The molecule has 0 aliphatic heterocycles. The summed E-state index contributed by atoms with van der Waals surface area (Å²) in [7, 11) is 1.76. The molecule has 1 unspecified atom stereocenters. The summed E-state index contributed by atoms with van der Waals surface area (Å²) in [6.45, 7) is 0. The molecular weight excluding hydrogens is 539 g/mol. The second-order valence-electron chi connectivity index (χ2n) is 8.84. The molecule has 0 saturated heterocycles. The Hall–Kier alpha value is -5.30. The van der Waals surface area contributed by atoms with Crippen molar-refractivity contribution in [2.45, 2.75) is 6.04 Å². The molecule has 2 N–H and O–H groups in total. The van der Waals surface area contributed by atoms with Crippen molar-refractivity contribution in [3.8, 4) is 27.9 Å². The highest BCUT2D eigenvalue weighted by molar-refractivity contribution is 6.31. The van der Waals surface area contributed by atoms with E-state index in [2.05, 4.69) is 35.9 Å². The maximum atomic E-state index is 15.3. The van der Waals surface area contributed by atoms with Gasteiger partial charge >= 0.3 is 5.97 Å². The third-order valence-electron chi connectivity index (χ3n) is 6.30. The lowest BCUT2D eigenvalue weighted by Gasteiger charge is -2.16. The van der Waals surface area contributed by atoms with Gasteiger partial charge in [0.05, 0.1) is 34.2 Å². The van der Waals surface area contributed by atoms with Gasteiger partial charge in [0.15, 0.2) is 11.0 Å². The Kier molecular flexibility index (Phi) is 6.32. The van der Waals surface area contributed by atoms with Crippen LogP contribution in [0.5, 0.6) is 0 Å². The molecule has 40 heavy (non-hydrogen) atoms. The average molecular weight is 558 g/mol. The summed E-state index contributed by atoms with van der Waals surface area (Å²) < 4.78 is 20.0. The van der Waals surface area contributed by atoms with E-state index in [1.807, 2.05) is 6.20 Å². The second-order valence-corrected chi connectivity index (χ2v) is 9.25. The fourth-order valence-corrected chi connectivity index (χ4v) is 4.53. The number of aryl methyl sites for hydroxylation is 1. The number of carboxylic acid groups (broad SMARTS) is 1. The van der Waals surface area contributed by atoms with Gasteiger partial charge in [-0.3, -0.25) is 14.3 Å². The Balaban J connectivity index is 1.40. The number of rotatable bonds is 7. The standard InChI is InChI=1S/C26H18ClFN10O2/c1-36-13-21(32-34-36)25(37-12-18(11-31-37)15-2-4-16(5-3-15)26(39)40)20-8-6-17(10-29-20)23-22(38-14-30-33-35-38)9-7-19(27)24(23)28/h2-14,25H,1H3,(H,39,40)/p+1. The topological polar surface area (TPSA) is 144 Å². The molecule has 1 atom stereocenters. The minimum atomic E-state index is -0.996. The van der Waals surface area contributed by atoms with Crippen molar-refractivity contribution in [1.29, 1.82) is 0 Å². The number of carbonyl (C=O) groups is 1. The summed E-state index contributed by atoms with van der Waals surface area (Å²) in [5.41, 5.74) is 4.11. The van der Waals surface area contributed by atoms with E-state index < -0.39 is 17.8 Å². The van der Waals surface area contributed by atoms with Crippen LogP contribution >= 0.6 is 11.6 Å². The van der Waals surface area contributed by atoms with E-state index in [9.17, 15) is 9.90 Å². The van der Waals surface area contributed by atoms with Gasteiger partial charge in [-0.2, -0.15) is 5.10 Å². The highest BCUT2D eigenvalue weighted by Crippen LogP contribution is 2.33. The molecule has 0 spiro atoms. The van der Waals surface area contributed by atoms with Crippen LogP contribution in [0.15, 0.2) is 79.6 Å². The number of hydrogen-bond donors (Lipinski definition) is 2. The fraction of sp³-hybridized carbons (Fsp3) is 0.0769. The van der Waals surface area contributed by atoms with Crippen LogP contribution in [0, 0.1) is 5.82 Å². The summed E-state index contributed by atoms with van der Waals surface area (Å²) in [6, 6.07) is 12.6. The molecule has 2 aromatic carbocycles. The highest BCUT2D eigenvalue weighted by atomic mass is 35.5. The molecule has 0 fully saturated rings. The van der Waals surface area contributed by atoms with E-state index in [4.69, 9.17) is 11.6 Å². The van der Waals surface area contributed by atoms with Crippen LogP contribution in [0.1, 0.15) is 27.8 Å². The maximum Gasteiger partial charge on any atom is 0.335 e. The van der Waals surface area contributed by atoms with Gasteiger partial charge in [0.25, 0.3) is 6.33 Å². The molecular formula is C26H19ClFN10O2+. The molecule has 12 nitrogen and oxygen atoms in total. The Morgan fingerprint density at radius 3 is 2.48 bits per heavy atom. The van der Waals surface area contributed by atoms with Gasteiger partial charge in [0, 0.05) is 30.6 Å². The zero-order chi connectivity index (χ0) is 27.8. The third-order valence-corrected chi connectivity index (χ3v) is 6.59. The lowest BCUT2D eigenvalue weighted by atomic mass is 10.0. The summed E-state index contributed by atoms with van der Waals surface area (Å²) in [6.07, 6.45) is 8.23. The minimum absolute atomic E-state index is 0.0335. The number of nitrogens with one attached hydrogen (secondary N) is 1. The number of hydrogen-bond acceptors (Lipinski definition) is 7. The third kappa shape index (κ3) is 4.58. The largest absolute Gasteiger partial charge is 0.478 e. The molecule has 0 aliphatic rings. The maximum absolute atomic E-state index is 15.3. The minimum Gasteiger partial charge on any atom is -0.478 e. The first-order chi connectivity index (χ1) is 19.4. The van der Waals surface area contributed by atoms with Gasteiger partial charge in [-0.25, -0.2) is 9.18 Å². The first-order valence-corrected chi connectivity index (χ1v) is 12.2. The van der Waals surface area contributed by atoms with Crippen LogP contribution < -0.4 is 4.68 Å². The molecule has 6 aromatic rings. The number of carboxylic acids is 1. The SMILES string of the molecule is Cn1cc(C(c2ccc(-c3c(-[n+]4cnn[nH]4)ccc(Cl)c3F)cn2)n2cc(-c3ccc(C(=O)O)cc3)cn2)nn1. The van der Waals surface area contributed by atoms with Gasteiger partial charge in [0.2, 0.25) is 0 Å². The van der Waals surface area contributed by atoms with Gasteiger partial charge in [-0.1, -0.05) is 40.2 Å². The number of aromatic nitrogens is 10. The van der Waals surface area contributed by atoms with Crippen molar-refractivity contribution in [2.75, 3.05) is 0 Å². The molecule has 0 radical (unpaired) electrons. The van der Waals surface area contributed by atoms with E-state index in [0.717, 1.165) is 11.1 Å². The van der Waals surface area contributed by atoms with E-state index in [1.165, 1.54) is 29.2 Å². The number of aromatic amines is 1. The summed E-state index contributed by atoms with van der Waals surface area (Å²) in [4.78, 5) is 15.9. The van der Waals surface area contributed by atoms with E-state index in [-0.39, 0.29) is 16.1 Å². The number of benzene rings is 2. The molecule has 4 heterocycles. The Morgan fingerprint density at radius 1 is 1.02 bits per heavy atom. The lowest BCUT2D eigenvalue weighted by Crippen LogP contribution is -2.33. The van der Waals surface area contributed by atoms with Crippen LogP contribution in [0.25, 0.3) is 27.9 Å². The van der Waals surface area contributed by atoms with Crippen molar-refractivity contribution >= 4 is 17.6 Å². The van der Waals surface area contributed by atoms with Gasteiger partial charge < -0.3 is 5.11 Å². The summed E-state index contributed by atoms with van der Waals surface area (Å²) in [5.74, 6) is -1.60. The van der Waals surface area contributed by atoms with Crippen molar-refractivity contribution in [3.05, 3.63) is 107 Å². The Labute approximate surface area is 230 Å². The van der Waals surface area contributed by atoms with E-state index >= 15 is 4.39 Å². The zero-order valence-electron chi connectivity index (χ0n) is 20.7. The molecule has 4 aromatic heterocycles. The highest BCUT2D eigenvalue weighted by Gasteiger charge is 2.24. The number of halogens is 2. The smallest absolute Gasteiger partial charge is 0.335 e. The first kappa shape index (κ1) is 25.0. The molecule has 0 aliphatic carbocycles. The first-order valence-electron chi connectivity index (χ1n) is 11.9. The molecule has 6 rings (SSSR count). The van der Waals surface area contributed by atoms with Gasteiger partial charge in [-0.05, 0) is 35.9 Å². The number of pyridine rings is 1. The lowest BCUT2D eigenvalue weighted by molar-refractivity contribution is -0.659. The van der Waals surface area contributed by atoms with Crippen molar-refractivity contribution in [1.82, 2.24) is 45.3 Å². The number of nitrogens with zero attached hydrogens (tertiary/aromatic N) is 9. The van der Waals surface area contributed by atoms with Crippen LogP contribution in [-0.2, 0) is 7.05 Å². The normalized spacial score (nSPS) is 12.0. The number of aromatic carboxylic acids is 1. The van der Waals surface area contributed by atoms with Gasteiger partial charge in [0.1, 0.15) is 22.5 Å². The Bertz CT molecular complexity index is 1820. The monoisotopic (exact) mass is 557 g/mol. The molecule has 198 valence electrons. The van der Waals surface area contributed by atoms with Gasteiger partial charge in [-0.15, -0.1) is 9.78 Å². The predicted molar refractivity (Wildman–Crippen MR) is 139 cm³/mol. The fourth-order valence-electron chi connectivity index (χ4n) is 4.37. The molecule has 0 bridgehead atoms. The summed E-state index contributed by atoms with van der Waals surface area (Å²) >= 11 is 6.11. The zero-order valence-corrected chi connectivity index (χ0v) is 21.5. The van der Waals surface area contributed by atoms with E-state index in [1.54, 1.807) is 65.3 Å². The molecule has 0 amide bonds. The van der Waals surface area contributed by atoms with Crippen LogP contribution in [0.4, 0.5) is 4.39 Å². The van der Waals surface area contributed by atoms with Crippen LogP contribution in [0.2, 0.25) is 5.02 Å². The van der Waals surface area contributed by atoms with Crippen LogP contribution in [0.3, 0.4) is 0 Å². The van der Waals surface area contributed by atoms with Crippen molar-refractivity contribution < 1.29 is 19.0 Å². The molecule has 0 saturated carbocycles. The summed E-state index contributed by atoms with van der Waals surface area (Å²) in [5, 5.41) is 32.2. The second kappa shape index (κ2) is 10.1. The number of H-pyrrole nitrogens is 1. The number of tetrazole rings is 1. The van der Waals surface area contributed by atoms with Crippen molar-refractivity contribution in [2.24, 2.45) is 7.05 Å². The van der Waals surface area contributed by atoms with Crippen molar-refractivity contribution in [3.63, 3.8) is 0 Å². The van der Waals surface area contributed by atoms with E-state index in [0.29, 0.717) is 22.6 Å².